The summed E-state index contributed by atoms with van der Waals surface area (Å²) >= 11 is 0. The molecule has 0 aliphatic heterocycles. The molecule has 0 amide bonds. The summed E-state index contributed by atoms with van der Waals surface area (Å²) in [6.07, 6.45) is 5.37. The molecule has 0 unspecified atom stereocenters. The fraction of sp³-hybridized carbons (Fsp3) is 0.684. The Bertz CT molecular complexity index is 492. The Kier molecular flexibility index (Phi) is 5.39. The maximum Gasteiger partial charge on any atom is 0.192 e. The van der Waals surface area contributed by atoms with Gasteiger partial charge in [0.15, 0.2) is 8.32 Å². The van der Waals surface area contributed by atoms with Crippen LogP contribution < -0.4 is 5.32 Å². The maximum atomic E-state index is 6.73. The van der Waals surface area contributed by atoms with Gasteiger partial charge in [0.05, 0.1) is 12.1 Å². The van der Waals surface area contributed by atoms with Crippen molar-refractivity contribution in [3.8, 4) is 0 Å². The highest BCUT2D eigenvalue weighted by Crippen LogP contribution is 2.39. The van der Waals surface area contributed by atoms with E-state index in [-0.39, 0.29) is 5.04 Å². The molecule has 1 fully saturated rings. The zero-order chi connectivity index (χ0) is 16.4. The number of nitrogens with one attached hydrogen (secondary N) is 1. The molecule has 2 nitrogen and oxygen atoms in total. The number of rotatable bonds is 4. The summed E-state index contributed by atoms with van der Waals surface area (Å²) in [6, 6.07) is 9.13. The molecule has 1 aliphatic rings. The van der Waals surface area contributed by atoms with E-state index >= 15 is 0 Å². The summed E-state index contributed by atoms with van der Waals surface area (Å²) in [6.45, 7) is 13.9. The highest BCUT2D eigenvalue weighted by Gasteiger charge is 2.41. The summed E-state index contributed by atoms with van der Waals surface area (Å²) in [5.41, 5.74) is 2.54. The molecule has 3 heteroatoms. The zero-order valence-corrected chi connectivity index (χ0v) is 16.2. The second kappa shape index (κ2) is 6.75. The summed E-state index contributed by atoms with van der Waals surface area (Å²) in [7, 11) is -1.70. The molecule has 124 valence electrons. The second-order valence-electron chi connectivity index (χ2n) is 8.32. The summed E-state index contributed by atoms with van der Waals surface area (Å²) < 4.78 is 6.73. The molecule has 0 aromatic heterocycles. The van der Waals surface area contributed by atoms with Gasteiger partial charge in [-0.15, -0.1) is 0 Å². The monoisotopic (exact) mass is 319 g/mol. The van der Waals surface area contributed by atoms with Crippen LogP contribution in [0.5, 0.6) is 0 Å². The van der Waals surface area contributed by atoms with Crippen LogP contribution in [-0.2, 0) is 4.43 Å². The minimum absolute atomic E-state index is 0.276. The van der Waals surface area contributed by atoms with E-state index in [1.54, 1.807) is 0 Å². The molecule has 0 radical (unpaired) electrons. The smallest absolute Gasteiger partial charge is 0.192 e. The van der Waals surface area contributed by atoms with Crippen LogP contribution >= 0.6 is 0 Å². The standard InChI is InChI=1S/C19H33NOSi/c1-15-10-9-11-16(14-15)20-17-12-7-8-13-18(17)21-22(5,6)19(2,3)4/h9-11,14,17-18,20H,7-8,12-13H2,1-6H3/t17-,18-/m1/s1. The lowest BCUT2D eigenvalue weighted by molar-refractivity contribution is 0.124. The third kappa shape index (κ3) is 4.36. The Morgan fingerprint density at radius 3 is 2.45 bits per heavy atom. The third-order valence-corrected chi connectivity index (χ3v) is 9.83. The van der Waals surface area contributed by atoms with Crippen molar-refractivity contribution in [2.24, 2.45) is 0 Å². The third-order valence-electron chi connectivity index (χ3n) is 5.32. The number of anilines is 1. The molecule has 0 heterocycles. The summed E-state index contributed by atoms with van der Waals surface area (Å²) in [5.74, 6) is 0. The number of aryl methyl sites for hydroxylation is 1. The van der Waals surface area contributed by atoms with Gasteiger partial charge < -0.3 is 9.74 Å². The highest BCUT2D eigenvalue weighted by atomic mass is 28.4. The predicted molar refractivity (Wildman–Crippen MR) is 99.1 cm³/mol. The lowest BCUT2D eigenvalue weighted by Gasteiger charge is -2.43. The van der Waals surface area contributed by atoms with E-state index in [9.17, 15) is 0 Å². The van der Waals surface area contributed by atoms with Crippen LogP contribution in [0, 0.1) is 6.92 Å². The molecule has 22 heavy (non-hydrogen) atoms. The average molecular weight is 320 g/mol. The predicted octanol–water partition coefficient (Wildman–Crippen LogP) is 5.74. The van der Waals surface area contributed by atoms with Crippen LogP contribution in [-0.4, -0.2) is 20.5 Å². The van der Waals surface area contributed by atoms with Crippen LogP contribution in [0.2, 0.25) is 18.1 Å². The topological polar surface area (TPSA) is 21.3 Å². The SMILES string of the molecule is Cc1cccc(N[C@@H]2CCCC[C@H]2O[Si](C)(C)C(C)(C)C)c1. The van der Waals surface area contributed by atoms with Crippen molar-refractivity contribution < 1.29 is 4.43 Å². The quantitative estimate of drug-likeness (QED) is 0.714. The molecule has 0 saturated heterocycles. The van der Waals surface area contributed by atoms with E-state index in [0.717, 1.165) is 0 Å². The van der Waals surface area contributed by atoms with Crippen molar-refractivity contribution in [3.05, 3.63) is 29.8 Å². The van der Waals surface area contributed by atoms with Gasteiger partial charge in [0.2, 0.25) is 0 Å². The summed E-state index contributed by atoms with van der Waals surface area (Å²) in [4.78, 5) is 0. The molecule has 0 spiro atoms. The molecule has 1 N–H and O–H groups in total. The highest BCUT2D eigenvalue weighted by molar-refractivity contribution is 6.74. The van der Waals surface area contributed by atoms with Crippen molar-refractivity contribution in [1.82, 2.24) is 0 Å². The van der Waals surface area contributed by atoms with E-state index in [1.165, 1.54) is 36.9 Å². The van der Waals surface area contributed by atoms with Crippen LogP contribution in [0.1, 0.15) is 52.0 Å². The van der Waals surface area contributed by atoms with Crippen molar-refractivity contribution in [1.29, 1.82) is 0 Å². The van der Waals surface area contributed by atoms with Gasteiger partial charge in [0.1, 0.15) is 0 Å². The molecule has 1 aromatic rings. The van der Waals surface area contributed by atoms with Gasteiger partial charge in [-0.05, 0) is 55.6 Å². The van der Waals surface area contributed by atoms with Crippen molar-refractivity contribution in [3.63, 3.8) is 0 Å². The normalized spacial score (nSPS) is 23.4. The molecule has 0 bridgehead atoms. The molecule has 1 aromatic carbocycles. The van der Waals surface area contributed by atoms with Gasteiger partial charge in [-0.25, -0.2) is 0 Å². The van der Waals surface area contributed by atoms with Crippen molar-refractivity contribution in [2.45, 2.75) is 83.7 Å². The zero-order valence-electron chi connectivity index (χ0n) is 15.2. The largest absolute Gasteiger partial charge is 0.412 e. The molecule has 2 rings (SSSR count). The second-order valence-corrected chi connectivity index (χ2v) is 13.1. The van der Waals surface area contributed by atoms with Crippen molar-refractivity contribution >= 4 is 14.0 Å². The van der Waals surface area contributed by atoms with Gasteiger partial charge in [-0.2, -0.15) is 0 Å². The molecular formula is C19H33NOSi. The van der Waals surface area contributed by atoms with Crippen LogP contribution in [0.3, 0.4) is 0 Å². The molecule has 1 saturated carbocycles. The van der Waals surface area contributed by atoms with E-state index in [1.807, 2.05) is 0 Å². The Morgan fingerprint density at radius 1 is 1.14 bits per heavy atom. The number of hydrogen-bond donors (Lipinski definition) is 1. The first-order valence-electron chi connectivity index (χ1n) is 8.70. The van der Waals surface area contributed by atoms with Crippen molar-refractivity contribution in [2.75, 3.05) is 5.32 Å². The van der Waals surface area contributed by atoms with Crippen LogP contribution in [0.25, 0.3) is 0 Å². The van der Waals surface area contributed by atoms with Gasteiger partial charge in [-0.1, -0.05) is 45.7 Å². The fourth-order valence-electron chi connectivity index (χ4n) is 2.91. The first-order chi connectivity index (χ1) is 10.2. The van der Waals surface area contributed by atoms with Crippen LogP contribution in [0.4, 0.5) is 5.69 Å². The number of benzene rings is 1. The maximum absolute atomic E-state index is 6.73. The van der Waals surface area contributed by atoms with Gasteiger partial charge in [0.25, 0.3) is 0 Å². The summed E-state index contributed by atoms with van der Waals surface area (Å²) in [5, 5.41) is 4.02. The van der Waals surface area contributed by atoms with E-state index in [0.29, 0.717) is 12.1 Å². The van der Waals surface area contributed by atoms with Crippen LogP contribution in [0.15, 0.2) is 24.3 Å². The molecular weight excluding hydrogens is 286 g/mol. The lowest BCUT2D eigenvalue weighted by Crippen LogP contribution is -2.49. The van der Waals surface area contributed by atoms with E-state index in [4.69, 9.17) is 4.43 Å². The molecule has 2 atom stereocenters. The minimum Gasteiger partial charge on any atom is -0.412 e. The average Bonchev–Trinajstić information content (AvgIpc) is 2.39. The van der Waals surface area contributed by atoms with Gasteiger partial charge >= 0.3 is 0 Å². The Balaban J connectivity index is 2.08. The Morgan fingerprint density at radius 2 is 1.82 bits per heavy atom. The molecule has 1 aliphatic carbocycles. The van der Waals surface area contributed by atoms with Gasteiger partial charge in [-0.3, -0.25) is 0 Å². The number of hydrogen-bond acceptors (Lipinski definition) is 2. The first kappa shape index (κ1) is 17.5. The first-order valence-corrected chi connectivity index (χ1v) is 11.6. The minimum atomic E-state index is -1.70. The van der Waals surface area contributed by atoms with E-state index < -0.39 is 8.32 Å². The Hall–Kier alpha value is -0.803. The van der Waals surface area contributed by atoms with E-state index in [2.05, 4.69) is 70.4 Å². The fourth-order valence-corrected chi connectivity index (χ4v) is 4.30. The lowest BCUT2D eigenvalue weighted by atomic mass is 9.92. The Labute approximate surface area is 137 Å². The van der Waals surface area contributed by atoms with Gasteiger partial charge in [0, 0.05) is 5.69 Å².